The quantitative estimate of drug-likeness (QED) is 0.146. The predicted octanol–water partition coefficient (Wildman–Crippen LogP) is 7.16. The smallest absolute Gasteiger partial charge is 0.341 e. The molecule has 0 saturated heterocycles. The van der Waals surface area contributed by atoms with E-state index in [4.69, 9.17) is 4.74 Å². The number of rotatable bonds is 10. The number of carbonyl (C=O) groups is 3. The van der Waals surface area contributed by atoms with Crippen LogP contribution in [-0.2, 0) is 29.0 Å². The van der Waals surface area contributed by atoms with Crippen LogP contribution in [0.15, 0.2) is 83.8 Å². The van der Waals surface area contributed by atoms with Gasteiger partial charge in [0.1, 0.15) is 5.00 Å². The summed E-state index contributed by atoms with van der Waals surface area (Å²) in [5.74, 6) is -0.792. The number of ether oxygens (including phenoxy) is 1. The molecule has 4 aromatic rings. The fourth-order valence-corrected chi connectivity index (χ4v) is 7.37. The van der Waals surface area contributed by atoms with Crippen LogP contribution in [-0.4, -0.2) is 41.6 Å². The first-order chi connectivity index (χ1) is 20.8. The van der Waals surface area contributed by atoms with E-state index in [1.54, 1.807) is 12.1 Å². The molecule has 1 aliphatic rings. The number of carbonyl (C=O) groups excluding carboxylic acids is 3. The molecule has 43 heavy (non-hydrogen) atoms. The number of thiophene rings is 1. The molecule has 3 aromatic carbocycles. The first kappa shape index (κ1) is 30.5. The highest BCUT2D eigenvalue weighted by Gasteiger charge is 2.30. The van der Waals surface area contributed by atoms with Crippen LogP contribution in [0.2, 0.25) is 0 Å². The van der Waals surface area contributed by atoms with Crippen molar-refractivity contribution in [2.24, 2.45) is 0 Å². The fraction of sp³-hybridized carbons (Fsp3) is 0.265. The molecule has 7 nitrogen and oxygen atoms in total. The molecule has 222 valence electrons. The molecule has 2 N–H and O–H groups in total. The maximum absolute atomic E-state index is 13.5. The molecule has 1 atom stereocenters. The number of thioether (sulfide) groups is 1. The van der Waals surface area contributed by atoms with Gasteiger partial charge >= 0.3 is 5.97 Å². The number of benzene rings is 3. The normalized spacial score (nSPS) is 13.6. The van der Waals surface area contributed by atoms with Crippen LogP contribution in [0.5, 0.6) is 0 Å². The minimum Gasteiger partial charge on any atom is -0.465 e. The van der Waals surface area contributed by atoms with Crippen molar-refractivity contribution in [2.75, 3.05) is 24.3 Å². The van der Waals surface area contributed by atoms with E-state index in [-0.39, 0.29) is 11.8 Å². The Morgan fingerprint density at radius 1 is 1.00 bits per heavy atom. The number of methoxy groups -OCH3 is 1. The van der Waals surface area contributed by atoms with E-state index in [2.05, 4.69) is 27.7 Å². The van der Waals surface area contributed by atoms with Gasteiger partial charge in [0, 0.05) is 40.7 Å². The summed E-state index contributed by atoms with van der Waals surface area (Å²) in [4.78, 5) is 43.4. The number of hydrogen-bond donors (Lipinski definition) is 2. The summed E-state index contributed by atoms with van der Waals surface area (Å²) in [7, 11) is 1.37. The summed E-state index contributed by atoms with van der Waals surface area (Å²) in [6.45, 7) is 6.29. The summed E-state index contributed by atoms with van der Waals surface area (Å²) >= 11 is 2.89. The topological polar surface area (TPSA) is 87.7 Å². The van der Waals surface area contributed by atoms with Crippen LogP contribution in [0.3, 0.4) is 0 Å². The van der Waals surface area contributed by atoms with Crippen LogP contribution in [0.1, 0.15) is 55.6 Å². The lowest BCUT2D eigenvalue weighted by atomic mass is 10.0. The second-order valence-electron chi connectivity index (χ2n) is 10.5. The number of nitrogens with one attached hydrogen (secondary N) is 2. The Kier molecular flexibility index (Phi) is 9.97. The zero-order valence-corrected chi connectivity index (χ0v) is 26.1. The predicted molar refractivity (Wildman–Crippen MR) is 174 cm³/mol. The number of hydrogen-bond acceptors (Lipinski definition) is 7. The number of esters is 1. The Morgan fingerprint density at radius 3 is 2.49 bits per heavy atom. The number of aryl methyl sites for hydroxylation is 1. The Bertz CT molecular complexity index is 1600. The van der Waals surface area contributed by atoms with Crippen molar-refractivity contribution in [3.63, 3.8) is 0 Å². The Hall–Kier alpha value is -3.92. The van der Waals surface area contributed by atoms with Crippen LogP contribution in [0, 0.1) is 6.92 Å². The Balaban J connectivity index is 1.28. The Labute approximate surface area is 260 Å². The van der Waals surface area contributed by atoms with Crippen molar-refractivity contribution in [3.8, 4) is 0 Å². The second-order valence-corrected chi connectivity index (χ2v) is 12.9. The third-order valence-corrected chi connectivity index (χ3v) is 9.85. The van der Waals surface area contributed by atoms with Gasteiger partial charge in [0.2, 0.25) is 5.91 Å². The SMILES string of the molecule is CCC(Sc1cccc(NC(=O)c2ccc(C)cc2)c1)C(=O)Nc1sc2c(c1C(=O)OC)CCN(Cc1ccccc1)C2. The molecule has 0 bridgehead atoms. The van der Waals surface area contributed by atoms with Gasteiger partial charge < -0.3 is 15.4 Å². The van der Waals surface area contributed by atoms with Crippen molar-refractivity contribution < 1.29 is 19.1 Å². The number of amides is 2. The van der Waals surface area contributed by atoms with Crippen molar-refractivity contribution in [2.45, 2.75) is 49.9 Å². The lowest BCUT2D eigenvalue weighted by molar-refractivity contribution is -0.115. The van der Waals surface area contributed by atoms with Crippen LogP contribution in [0.4, 0.5) is 10.7 Å². The summed E-state index contributed by atoms with van der Waals surface area (Å²) in [5.41, 5.74) is 5.00. The molecule has 0 fully saturated rings. The van der Waals surface area contributed by atoms with Gasteiger partial charge in [0.25, 0.3) is 5.91 Å². The van der Waals surface area contributed by atoms with Crippen molar-refractivity contribution in [1.82, 2.24) is 4.90 Å². The van der Waals surface area contributed by atoms with Crippen LogP contribution >= 0.6 is 23.1 Å². The summed E-state index contributed by atoms with van der Waals surface area (Å²) in [6.07, 6.45) is 1.30. The number of anilines is 2. The van der Waals surface area contributed by atoms with Crippen LogP contribution in [0.25, 0.3) is 0 Å². The average molecular weight is 614 g/mol. The molecule has 2 heterocycles. The van der Waals surface area contributed by atoms with Gasteiger partial charge in [-0.25, -0.2) is 4.79 Å². The average Bonchev–Trinajstić information content (AvgIpc) is 3.37. The molecule has 9 heteroatoms. The molecule has 2 amide bonds. The van der Waals surface area contributed by atoms with E-state index in [1.807, 2.05) is 68.4 Å². The largest absolute Gasteiger partial charge is 0.465 e. The highest BCUT2D eigenvalue weighted by atomic mass is 32.2. The van der Waals surface area contributed by atoms with Crippen molar-refractivity contribution in [3.05, 3.63) is 112 Å². The van der Waals surface area contributed by atoms with E-state index < -0.39 is 11.2 Å². The van der Waals surface area contributed by atoms with Gasteiger partial charge in [-0.2, -0.15) is 0 Å². The molecule has 0 radical (unpaired) electrons. The van der Waals surface area contributed by atoms with Gasteiger partial charge in [0.15, 0.2) is 0 Å². The maximum atomic E-state index is 13.5. The molecule has 0 spiro atoms. The molecule has 1 aliphatic heterocycles. The van der Waals surface area contributed by atoms with Crippen molar-refractivity contribution in [1.29, 1.82) is 0 Å². The highest BCUT2D eigenvalue weighted by molar-refractivity contribution is 8.00. The van der Waals surface area contributed by atoms with E-state index in [0.717, 1.165) is 34.0 Å². The minimum atomic E-state index is -0.429. The third-order valence-electron chi connectivity index (χ3n) is 7.36. The van der Waals surface area contributed by atoms with E-state index in [1.165, 1.54) is 35.8 Å². The third kappa shape index (κ3) is 7.54. The number of fused-ring (bicyclic) bond motifs is 1. The molecular weight excluding hydrogens is 579 g/mol. The van der Waals surface area contributed by atoms with Gasteiger partial charge in [-0.3, -0.25) is 14.5 Å². The standard InChI is InChI=1S/C34H35N3O4S2/c1-4-28(42-26-12-8-11-25(19-26)35-31(38)24-15-13-22(2)14-16-24)32(39)36-33-30(34(40)41-3)27-17-18-37(21-29(27)43-33)20-23-9-6-5-7-10-23/h5-16,19,28H,4,17-18,20-21H2,1-3H3,(H,35,38)(H,36,39). The summed E-state index contributed by atoms with van der Waals surface area (Å²) in [6, 6.07) is 25.2. The first-order valence-corrected chi connectivity index (χ1v) is 16.0. The van der Waals surface area contributed by atoms with E-state index in [0.29, 0.717) is 41.2 Å². The molecule has 1 unspecified atom stereocenters. The monoisotopic (exact) mass is 613 g/mol. The summed E-state index contributed by atoms with van der Waals surface area (Å²) < 4.78 is 5.13. The first-order valence-electron chi connectivity index (χ1n) is 14.3. The number of nitrogens with zero attached hydrogens (tertiary/aromatic N) is 1. The highest BCUT2D eigenvalue weighted by Crippen LogP contribution is 2.39. The minimum absolute atomic E-state index is 0.175. The lowest BCUT2D eigenvalue weighted by Gasteiger charge is -2.27. The summed E-state index contributed by atoms with van der Waals surface area (Å²) in [5, 5.41) is 6.15. The molecule has 5 rings (SSSR count). The van der Waals surface area contributed by atoms with Crippen LogP contribution < -0.4 is 10.6 Å². The molecule has 0 aliphatic carbocycles. The maximum Gasteiger partial charge on any atom is 0.341 e. The fourth-order valence-electron chi connectivity index (χ4n) is 5.07. The van der Waals surface area contributed by atoms with Gasteiger partial charge in [-0.15, -0.1) is 23.1 Å². The molecule has 0 saturated carbocycles. The van der Waals surface area contributed by atoms with Gasteiger partial charge in [0.05, 0.1) is 17.9 Å². The molecular formula is C34H35N3O4S2. The van der Waals surface area contributed by atoms with Gasteiger partial charge in [-0.1, -0.05) is 61.0 Å². The molecule has 1 aromatic heterocycles. The Morgan fingerprint density at radius 2 is 1.77 bits per heavy atom. The zero-order chi connectivity index (χ0) is 30.3. The lowest BCUT2D eigenvalue weighted by Crippen LogP contribution is -2.30. The van der Waals surface area contributed by atoms with Crippen molar-refractivity contribution >= 4 is 51.6 Å². The second kappa shape index (κ2) is 14.0. The van der Waals surface area contributed by atoms with E-state index in [9.17, 15) is 14.4 Å². The van der Waals surface area contributed by atoms with E-state index >= 15 is 0 Å². The van der Waals surface area contributed by atoms with Gasteiger partial charge in [-0.05, 0) is 61.2 Å². The zero-order valence-electron chi connectivity index (χ0n) is 24.5.